The lowest BCUT2D eigenvalue weighted by atomic mass is 10.2. The van der Waals surface area contributed by atoms with E-state index in [0.717, 1.165) is 25.3 Å². The first-order valence-electron chi connectivity index (χ1n) is 7.81. The number of aromatic nitrogens is 2. The maximum absolute atomic E-state index is 12.1. The number of aryl methyl sites for hydroxylation is 1. The number of carbonyl (C=O) groups is 1. The number of hydrogen-bond acceptors (Lipinski definition) is 5. The first-order valence-corrected chi connectivity index (χ1v) is 7.81. The summed E-state index contributed by atoms with van der Waals surface area (Å²) in [5.74, 6) is 1.17. The molecule has 0 spiro atoms. The molecular weight excluding hydrogens is 306 g/mol. The zero-order chi connectivity index (χ0) is 16.9. The van der Waals surface area contributed by atoms with E-state index >= 15 is 0 Å². The van der Waals surface area contributed by atoms with Crippen LogP contribution in [-0.2, 0) is 11.8 Å². The van der Waals surface area contributed by atoms with E-state index < -0.39 is 0 Å². The third-order valence-electron chi connectivity index (χ3n) is 3.94. The Hall–Kier alpha value is -3.01. The van der Waals surface area contributed by atoms with Gasteiger partial charge >= 0.3 is 0 Å². The summed E-state index contributed by atoms with van der Waals surface area (Å²) >= 11 is 0. The van der Waals surface area contributed by atoms with Gasteiger partial charge in [-0.25, -0.2) is 0 Å². The highest BCUT2D eigenvalue weighted by Crippen LogP contribution is 2.18. The van der Waals surface area contributed by atoms with Gasteiger partial charge in [0.2, 0.25) is 0 Å². The van der Waals surface area contributed by atoms with Crippen molar-refractivity contribution in [2.24, 2.45) is 7.05 Å². The molecule has 7 nitrogen and oxygen atoms in total. The van der Waals surface area contributed by atoms with Crippen molar-refractivity contribution < 1.29 is 9.53 Å². The Kier molecular flexibility index (Phi) is 4.66. The Balaban J connectivity index is 1.48. The summed E-state index contributed by atoms with van der Waals surface area (Å²) in [7, 11) is 1.88. The zero-order valence-corrected chi connectivity index (χ0v) is 13.5. The van der Waals surface area contributed by atoms with Crippen LogP contribution < -0.4 is 15.0 Å². The van der Waals surface area contributed by atoms with Gasteiger partial charge in [0.1, 0.15) is 11.8 Å². The molecule has 3 rings (SSSR count). The molecule has 1 aliphatic heterocycles. The summed E-state index contributed by atoms with van der Waals surface area (Å²) in [5.41, 5.74) is 0.424. The predicted molar refractivity (Wildman–Crippen MR) is 88.6 cm³/mol. The van der Waals surface area contributed by atoms with Crippen molar-refractivity contribution in [1.29, 1.82) is 5.26 Å². The average molecular weight is 325 g/mol. The van der Waals surface area contributed by atoms with Gasteiger partial charge in [-0.1, -0.05) is 12.1 Å². The molecule has 1 atom stereocenters. The fourth-order valence-corrected chi connectivity index (χ4v) is 2.76. The molecule has 1 saturated heterocycles. The number of nitriles is 1. The molecule has 124 valence electrons. The van der Waals surface area contributed by atoms with E-state index in [9.17, 15) is 4.79 Å². The number of benzene rings is 1. The lowest BCUT2D eigenvalue weighted by Gasteiger charge is -2.16. The summed E-state index contributed by atoms with van der Waals surface area (Å²) in [6.45, 7) is 1.50. The molecule has 0 aliphatic carbocycles. The molecule has 7 heteroatoms. The van der Waals surface area contributed by atoms with Crippen LogP contribution in [0, 0.1) is 11.3 Å². The molecule has 0 saturated carbocycles. The topological polar surface area (TPSA) is 83.2 Å². The van der Waals surface area contributed by atoms with Crippen LogP contribution in [0.2, 0.25) is 0 Å². The lowest BCUT2D eigenvalue weighted by molar-refractivity contribution is -0.123. The number of hydrogen-bond donors (Lipinski definition) is 1. The van der Waals surface area contributed by atoms with Crippen molar-refractivity contribution in [2.45, 2.75) is 12.5 Å². The van der Waals surface area contributed by atoms with Crippen LogP contribution in [0.15, 0.2) is 36.5 Å². The molecule has 1 unspecified atom stereocenters. The molecule has 24 heavy (non-hydrogen) atoms. The molecule has 2 aromatic rings. The van der Waals surface area contributed by atoms with E-state index in [-0.39, 0.29) is 18.6 Å². The fraction of sp³-hybridized carbons (Fsp3) is 0.353. The Morgan fingerprint density at radius 2 is 2.29 bits per heavy atom. The number of rotatable bonds is 5. The fourth-order valence-electron chi connectivity index (χ4n) is 2.76. The number of para-hydroxylation sites is 1. The van der Waals surface area contributed by atoms with Gasteiger partial charge in [-0.05, 0) is 18.6 Å². The van der Waals surface area contributed by atoms with Crippen LogP contribution in [-0.4, -0.2) is 41.4 Å². The number of anilines is 1. The van der Waals surface area contributed by atoms with Crippen LogP contribution in [0.3, 0.4) is 0 Å². The van der Waals surface area contributed by atoms with E-state index in [0.29, 0.717) is 11.3 Å². The smallest absolute Gasteiger partial charge is 0.258 e. The van der Waals surface area contributed by atoms with E-state index in [4.69, 9.17) is 10.00 Å². The highest BCUT2D eigenvalue weighted by Gasteiger charge is 2.25. The Morgan fingerprint density at radius 1 is 1.46 bits per heavy atom. The number of ether oxygens (including phenoxy) is 1. The highest BCUT2D eigenvalue weighted by molar-refractivity contribution is 5.78. The highest BCUT2D eigenvalue weighted by atomic mass is 16.5. The van der Waals surface area contributed by atoms with Gasteiger partial charge in [0.15, 0.2) is 12.4 Å². The molecule has 2 heterocycles. The molecule has 1 fully saturated rings. The predicted octanol–water partition coefficient (Wildman–Crippen LogP) is 1.07. The van der Waals surface area contributed by atoms with Gasteiger partial charge in [-0.15, -0.1) is 0 Å². The second-order valence-corrected chi connectivity index (χ2v) is 5.74. The number of carbonyl (C=O) groups excluding carboxylic acids is 1. The van der Waals surface area contributed by atoms with E-state index in [1.165, 1.54) is 0 Å². The minimum Gasteiger partial charge on any atom is -0.482 e. The van der Waals surface area contributed by atoms with Crippen molar-refractivity contribution in [3.63, 3.8) is 0 Å². The van der Waals surface area contributed by atoms with Crippen molar-refractivity contribution in [3.05, 3.63) is 42.1 Å². The van der Waals surface area contributed by atoms with Crippen LogP contribution in [0.25, 0.3) is 0 Å². The van der Waals surface area contributed by atoms with Crippen molar-refractivity contribution in [2.75, 3.05) is 24.6 Å². The summed E-state index contributed by atoms with van der Waals surface area (Å²) in [6.07, 6.45) is 2.78. The maximum Gasteiger partial charge on any atom is 0.258 e. The normalized spacial score (nSPS) is 16.7. The SMILES string of the molecule is Cn1ccc(N2CCC(NC(=O)COc3ccccc3C#N)C2)n1. The Morgan fingerprint density at radius 3 is 3.04 bits per heavy atom. The third-order valence-corrected chi connectivity index (χ3v) is 3.94. The third kappa shape index (κ3) is 3.66. The largest absolute Gasteiger partial charge is 0.482 e. The molecule has 1 N–H and O–H groups in total. The van der Waals surface area contributed by atoms with Gasteiger partial charge < -0.3 is 15.0 Å². The van der Waals surface area contributed by atoms with Crippen molar-refractivity contribution >= 4 is 11.7 Å². The summed E-state index contributed by atoms with van der Waals surface area (Å²) in [4.78, 5) is 14.2. The van der Waals surface area contributed by atoms with E-state index in [1.54, 1.807) is 28.9 Å². The van der Waals surface area contributed by atoms with Crippen LogP contribution >= 0.6 is 0 Å². The minimum absolute atomic E-state index is 0.0781. The monoisotopic (exact) mass is 325 g/mol. The lowest BCUT2D eigenvalue weighted by Crippen LogP contribution is -2.39. The first kappa shape index (κ1) is 15.9. The number of nitrogens with one attached hydrogen (secondary N) is 1. The molecule has 1 aromatic heterocycles. The number of nitrogens with zero attached hydrogens (tertiary/aromatic N) is 4. The van der Waals surface area contributed by atoms with Gasteiger partial charge in [-0.3, -0.25) is 9.48 Å². The quantitative estimate of drug-likeness (QED) is 0.889. The van der Waals surface area contributed by atoms with Gasteiger partial charge in [0.05, 0.1) is 5.56 Å². The van der Waals surface area contributed by atoms with Crippen LogP contribution in [0.4, 0.5) is 5.82 Å². The number of amides is 1. The average Bonchev–Trinajstić information content (AvgIpc) is 3.22. The molecule has 1 amide bonds. The molecule has 0 bridgehead atoms. The van der Waals surface area contributed by atoms with E-state index in [2.05, 4.69) is 15.3 Å². The molecular formula is C17H19N5O2. The minimum atomic E-state index is -0.185. The summed E-state index contributed by atoms with van der Waals surface area (Å²) in [6, 6.07) is 11.0. The first-order chi connectivity index (χ1) is 11.7. The second-order valence-electron chi connectivity index (χ2n) is 5.74. The standard InChI is InChI=1S/C17H19N5O2/c1-21-8-7-16(20-21)22-9-6-14(11-22)19-17(23)12-24-15-5-3-2-4-13(15)10-18/h2-5,7-8,14H,6,9,11-12H2,1H3,(H,19,23). The Labute approximate surface area is 140 Å². The summed E-state index contributed by atoms with van der Waals surface area (Å²) in [5, 5.41) is 16.4. The summed E-state index contributed by atoms with van der Waals surface area (Å²) < 4.78 is 7.22. The zero-order valence-electron chi connectivity index (χ0n) is 13.5. The van der Waals surface area contributed by atoms with Crippen molar-refractivity contribution in [1.82, 2.24) is 15.1 Å². The molecule has 1 aromatic carbocycles. The van der Waals surface area contributed by atoms with Gasteiger partial charge in [0, 0.05) is 38.4 Å². The van der Waals surface area contributed by atoms with E-state index in [1.807, 2.05) is 25.4 Å². The molecule has 1 aliphatic rings. The van der Waals surface area contributed by atoms with Crippen LogP contribution in [0.1, 0.15) is 12.0 Å². The molecule has 0 radical (unpaired) electrons. The maximum atomic E-state index is 12.1. The second kappa shape index (κ2) is 7.04. The van der Waals surface area contributed by atoms with Crippen LogP contribution in [0.5, 0.6) is 5.75 Å². The van der Waals surface area contributed by atoms with Gasteiger partial charge in [0.25, 0.3) is 5.91 Å². The van der Waals surface area contributed by atoms with Gasteiger partial charge in [-0.2, -0.15) is 10.4 Å². The van der Waals surface area contributed by atoms with Crippen molar-refractivity contribution in [3.8, 4) is 11.8 Å². The Bertz CT molecular complexity index is 764.